The third kappa shape index (κ3) is 4.10. The van der Waals surface area contributed by atoms with E-state index < -0.39 is 12.1 Å². The Hall–Kier alpha value is -1.39. The number of rotatable bonds is 5. The number of hydrogen-bond donors (Lipinski definition) is 1. The fourth-order valence-electron chi connectivity index (χ4n) is 1.30. The molecule has 0 spiro atoms. The first kappa shape index (κ1) is 13.6. The Bertz CT molecular complexity index is 253. The first-order chi connectivity index (χ1) is 6.93. The highest BCUT2D eigenvalue weighted by Crippen LogP contribution is 2.01. The summed E-state index contributed by atoms with van der Waals surface area (Å²) in [5.74, 6) is -0.521. The molecule has 2 unspecified atom stereocenters. The number of nitrogens with zero attached hydrogens (tertiary/aromatic N) is 1. The minimum absolute atomic E-state index is 0.260. The van der Waals surface area contributed by atoms with Gasteiger partial charge in [0, 0.05) is 14.0 Å². The van der Waals surface area contributed by atoms with Crippen LogP contribution in [0.1, 0.15) is 27.2 Å². The van der Waals surface area contributed by atoms with E-state index in [1.165, 1.54) is 11.8 Å². The molecule has 0 fully saturated rings. The van der Waals surface area contributed by atoms with E-state index in [0.717, 1.165) is 6.29 Å². The molecule has 0 saturated heterocycles. The van der Waals surface area contributed by atoms with Gasteiger partial charge in [0.2, 0.25) is 11.8 Å². The highest BCUT2D eigenvalue weighted by molar-refractivity contribution is 5.87. The summed E-state index contributed by atoms with van der Waals surface area (Å²) in [5.41, 5.74) is 0. The number of hydrogen-bond acceptors (Lipinski definition) is 3. The predicted octanol–water partition coefficient (Wildman–Crippen LogP) is -0.0531. The molecule has 0 aromatic heterocycles. The summed E-state index contributed by atoms with van der Waals surface area (Å²) in [5, 5.41) is 2.48. The largest absolute Gasteiger partial charge is 0.345 e. The summed E-state index contributed by atoms with van der Waals surface area (Å²) in [6, 6.07) is -1.02. The maximum atomic E-state index is 11.7. The van der Waals surface area contributed by atoms with Gasteiger partial charge in [-0.2, -0.15) is 0 Å². The molecule has 0 saturated carbocycles. The standard InChI is InChI=1S/C10H18N2O3/c1-5-9(6-13)12(4)10(15)7(2)11-8(3)14/h6-7,9H,5H2,1-4H3,(H,11,14). The molecule has 0 aromatic rings. The van der Waals surface area contributed by atoms with Gasteiger partial charge in [-0.15, -0.1) is 0 Å². The molecule has 0 bridgehead atoms. The van der Waals surface area contributed by atoms with Crippen LogP contribution in [0.3, 0.4) is 0 Å². The van der Waals surface area contributed by atoms with Crippen molar-refractivity contribution in [3.05, 3.63) is 0 Å². The summed E-state index contributed by atoms with van der Waals surface area (Å²) in [7, 11) is 1.56. The van der Waals surface area contributed by atoms with Crippen LogP contribution in [-0.2, 0) is 14.4 Å². The molecule has 0 aliphatic rings. The fourth-order valence-corrected chi connectivity index (χ4v) is 1.30. The third-order valence-corrected chi connectivity index (χ3v) is 2.21. The highest BCUT2D eigenvalue weighted by Gasteiger charge is 2.22. The maximum Gasteiger partial charge on any atom is 0.245 e. The molecule has 0 aliphatic heterocycles. The van der Waals surface area contributed by atoms with Crippen LogP contribution in [0.2, 0.25) is 0 Å². The van der Waals surface area contributed by atoms with Crippen molar-refractivity contribution in [3.63, 3.8) is 0 Å². The van der Waals surface area contributed by atoms with Crippen molar-refractivity contribution >= 4 is 18.1 Å². The molecule has 5 nitrogen and oxygen atoms in total. The van der Waals surface area contributed by atoms with Crippen molar-refractivity contribution < 1.29 is 14.4 Å². The van der Waals surface area contributed by atoms with E-state index in [1.54, 1.807) is 14.0 Å². The Kier molecular flexibility index (Phi) is 5.59. The molecule has 0 heterocycles. The molecule has 1 N–H and O–H groups in total. The van der Waals surface area contributed by atoms with Crippen molar-refractivity contribution in [2.75, 3.05) is 7.05 Å². The van der Waals surface area contributed by atoms with Crippen LogP contribution >= 0.6 is 0 Å². The Balaban J connectivity index is 4.41. The lowest BCUT2D eigenvalue weighted by molar-refractivity contribution is -0.138. The fraction of sp³-hybridized carbons (Fsp3) is 0.700. The quantitative estimate of drug-likeness (QED) is 0.652. The van der Waals surface area contributed by atoms with Crippen LogP contribution in [0, 0.1) is 0 Å². The molecule has 0 radical (unpaired) electrons. The van der Waals surface area contributed by atoms with Crippen molar-refractivity contribution in [1.29, 1.82) is 0 Å². The van der Waals surface area contributed by atoms with E-state index >= 15 is 0 Å². The van der Waals surface area contributed by atoms with Crippen LogP contribution < -0.4 is 5.32 Å². The Morgan fingerprint density at radius 1 is 1.47 bits per heavy atom. The number of amides is 2. The van der Waals surface area contributed by atoms with Gasteiger partial charge in [0.25, 0.3) is 0 Å². The lowest BCUT2D eigenvalue weighted by Gasteiger charge is -2.25. The van der Waals surface area contributed by atoms with E-state index in [1.807, 2.05) is 6.92 Å². The zero-order valence-corrected chi connectivity index (χ0v) is 9.61. The number of nitrogens with one attached hydrogen (secondary N) is 1. The molecular formula is C10H18N2O3. The van der Waals surface area contributed by atoms with Crippen LogP contribution in [-0.4, -0.2) is 42.1 Å². The highest BCUT2D eigenvalue weighted by atomic mass is 16.2. The van der Waals surface area contributed by atoms with E-state index in [9.17, 15) is 14.4 Å². The van der Waals surface area contributed by atoms with E-state index in [0.29, 0.717) is 6.42 Å². The number of aldehydes is 1. The van der Waals surface area contributed by atoms with Gasteiger partial charge in [-0.3, -0.25) is 9.59 Å². The minimum atomic E-state index is -0.596. The zero-order chi connectivity index (χ0) is 12.0. The van der Waals surface area contributed by atoms with Gasteiger partial charge >= 0.3 is 0 Å². The topological polar surface area (TPSA) is 66.5 Å². The number of likely N-dealkylation sites (N-methyl/N-ethyl adjacent to an activating group) is 1. The second-order valence-electron chi connectivity index (χ2n) is 3.48. The van der Waals surface area contributed by atoms with Gasteiger partial charge < -0.3 is 15.0 Å². The van der Waals surface area contributed by atoms with E-state index in [-0.39, 0.29) is 11.8 Å². The van der Waals surface area contributed by atoms with Crippen LogP contribution in [0.15, 0.2) is 0 Å². The smallest absolute Gasteiger partial charge is 0.245 e. The molecule has 86 valence electrons. The van der Waals surface area contributed by atoms with Crippen LogP contribution in [0.4, 0.5) is 0 Å². The molecule has 0 aromatic carbocycles. The van der Waals surface area contributed by atoms with Gasteiger partial charge in [-0.25, -0.2) is 0 Å². The van der Waals surface area contributed by atoms with Crippen LogP contribution in [0.25, 0.3) is 0 Å². The molecular weight excluding hydrogens is 196 g/mol. The minimum Gasteiger partial charge on any atom is -0.345 e. The van der Waals surface area contributed by atoms with Crippen molar-refractivity contribution in [1.82, 2.24) is 10.2 Å². The van der Waals surface area contributed by atoms with Crippen molar-refractivity contribution in [2.45, 2.75) is 39.3 Å². The summed E-state index contributed by atoms with van der Waals surface area (Å²) < 4.78 is 0. The SMILES string of the molecule is CCC(C=O)N(C)C(=O)C(C)NC(C)=O. The number of carbonyl (C=O) groups excluding carboxylic acids is 3. The Morgan fingerprint density at radius 3 is 2.33 bits per heavy atom. The molecule has 0 aliphatic carbocycles. The second kappa shape index (κ2) is 6.16. The third-order valence-electron chi connectivity index (χ3n) is 2.21. The lowest BCUT2D eigenvalue weighted by atomic mass is 10.2. The summed E-state index contributed by atoms with van der Waals surface area (Å²) in [4.78, 5) is 34.4. The first-order valence-corrected chi connectivity index (χ1v) is 4.93. The normalized spacial score (nSPS) is 13.9. The average molecular weight is 214 g/mol. The zero-order valence-electron chi connectivity index (χ0n) is 9.61. The average Bonchev–Trinajstić information content (AvgIpc) is 2.17. The summed E-state index contributed by atoms with van der Waals surface area (Å²) in [6.07, 6.45) is 1.30. The number of carbonyl (C=O) groups is 3. The van der Waals surface area contributed by atoms with Crippen molar-refractivity contribution in [3.8, 4) is 0 Å². The van der Waals surface area contributed by atoms with Crippen LogP contribution in [0.5, 0.6) is 0 Å². The van der Waals surface area contributed by atoms with Crippen molar-refractivity contribution in [2.24, 2.45) is 0 Å². The van der Waals surface area contributed by atoms with E-state index in [4.69, 9.17) is 0 Å². The first-order valence-electron chi connectivity index (χ1n) is 4.93. The summed E-state index contributed by atoms with van der Waals surface area (Å²) in [6.45, 7) is 4.77. The molecule has 2 amide bonds. The molecule has 0 rings (SSSR count). The molecule has 2 atom stereocenters. The second-order valence-corrected chi connectivity index (χ2v) is 3.48. The summed E-state index contributed by atoms with van der Waals surface area (Å²) >= 11 is 0. The maximum absolute atomic E-state index is 11.7. The van der Waals surface area contributed by atoms with Gasteiger partial charge in [-0.05, 0) is 13.3 Å². The Morgan fingerprint density at radius 2 is 2.00 bits per heavy atom. The lowest BCUT2D eigenvalue weighted by Crippen LogP contribution is -2.48. The Labute approximate surface area is 89.8 Å². The van der Waals surface area contributed by atoms with Gasteiger partial charge in [-0.1, -0.05) is 6.92 Å². The van der Waals surface area contributed by atoms with Gasteiger partial charge in [0.15, 0.2) is 0 Å². The van der Waals surface area contributed by atoms with E-state index in [2.05, 4.69) is 5.32 Å². The van der Waals surface area contributed by atoms with Gasteiger partial charge in [0.05, 0.1) is 6.04 Å². The molecule has 5 heteroatoms. The molecule has 15 heavy (non-hydrogen) atoms. The predicted molar refractivity (Wildman–Crippen MR) is 56.2 cm³/mol. The monoisotopic (exact) mass is 214 g/mol. The van der Waals surface area contributed by atoms with Gasteiger partial charge in [0.1, 0.15) is 12.3 Å².